The summed E-state index contributed by atoms with van der Waals surface area (Å²) < 4.78 is 47.6. The first-order chi connectivity index (χ1) is 12.2. The second-order valence-corrected chi connectivity index (χ2v) is 7.00. The van der Waals surface area contributed by atoms with Gasteiger partial charge in [0.15, 0.2) is 9.92 Å². The number of alkyl halides is 3. The molecule has 0 unspecified atom stereocenters. The maximum atomic E-state index is 12.4. The number of carbonyl (C=O) groups excluding carboxylic acids is 2. The maximum absolute atomic E-state index is 12.4. The number of carbonyl (C=O) groups is 2. The van der Waals surface area contributed by atoms with E-state index in [9.17, 15) is 22.8 Å². The molecule has 26 heavy (non-hydrogen) atoms. The zero-order valence-electron chi connectivity index (χ0n) is 13.4. The van der Waals surface area contributed by atoms with Gasteiger partial charge in [-0.1, -0.05) is 29.7 Å². The molecule has 0 fully saturated rings. The summed E-state index contributed by atoms with van der Waals surface area (Å²) in [6, 6.07) is 3.81. The SMILES string of the molecule is C=COC(=O)N=c1sc2cc(OC(F)(F)F)ccc2n1CCSC(C)=O. The van der Waals surface area contributed by atoms with Crippen LogP contribution in [0, 0.1) is 0 Å². The van der Waals surface area contributed by atoms with Gasteiger partial charge in [0.25, 0.3) is 0 Å². The van der Waals surface area contributed by atoms with Crippen LogP contribution in [-0.2, 0) is 16.1 Å². The molecule has 140 valence electrons. The number of aromatic nitrogens is 1. The van der Waals surface area contributed by atoms with Crippen LogP contribution in [0.15, 0.2) is 36.0 Å². The molecule has 0 bridgehead atoms. The van der Waals surface area contributed by atoms with E-state index >= 15 is 0 Å². The van der Waals surface area contributed by atoms with Crippen molar-refractivity contribution < 1.29 is 32.2 Å². The Balaban J connectivity index is 2.46. The zero-order valence-corrected chi connectivity index (χ0v) is 15.0. The van der Waals surface area contributed by atoms with E-state index < -0.39 is 12.5 Å². The molecule has 1 heterocycles. The number of rotatable bonds is 5. The number of amides is 1. The number of fused-ring (bicyclic) bond motifs is 1. The first-order valence-corrected chi connectivity index (χ1v) is 8.88. The van der Waals surface area contributed by atoms with E-state index in [1.807, 2.05) is 0 Å². The predicted octanol–water partition coefficient (Wildman–Crippen LogP) is 4.06. The number of hydrogen-bond donors (Lipinski definition) is 0. The molecular weight excluding hydrogens is 393 g/mol. The molecule has 0 saturated heterocycles. The van der Waals surface area contributed by atoms with Crippen LogP contribution in [0.4, 0.5) is 18.0 Å². The molecule has 0 N–H and O–H groups in total. The summed E-state index contributed by atoms with van der Waals surface area (Å²) in [5.41, 5.74) is 0.554. The molecule has 0 aliphatic heterocycles. The summed E-state index contributed by atoms with van der Waals surface area (Å²) >= 11 is 2.08. The highest BCUT2D eigenvalue weighted by molar-refractivity contribution is 8.13. The zero-order chi connectivity index (χ0) is 19.3. The van der Waals surface area contributed by atoms with Gasteiger partial charge in [0.1, 0.15) is 5.75 Å². The van der Waals surface area contributed by atoms with E-state index in [2.05, 4.69) is 21.0 Å². The Kier molecular flexibility index (Phi) is 6.48. The fraction of sp³-hybridized carbons (Fsp3) is 0.267. The van der Waals surface area contributed by atoms with E-state index in [4.69, 9.17) is 0 Å². The summed E-state index contributed by atoms with van der Waals surface area (Å²) in [7, 11) is 0. The summed E-state index contributed by atoms with van der Waals surface area (Å²) in [6.07, 6.45) is -4.80. The molecule has 11 heteroatoms. The molecule has 6 nitrogen and oxygen atoms in total. The van der Waals surface area contributed by atoms with Crippen molar-refractivity contribution in [1.29, 1.82) is 0 Å². The fourth-order valence-corrected chi connectivity index (χ4v) is 3.64. The molecule has 0 radical (unpaired) electrons. The number of thioether (sulfide) groups is 1. The van der Waals surface area contributed by atoms with Gasteiger partial charge in [0.05, 0.1) is 16.5 Å². The smallest absolute Gasteiger partial charge is 0.417 e. The Hall–Kier alpha value is -2.27. The molecule has 0 aliphatic rings. The van der Waals surface area contributed by atoms with Crippen molar-refractivity contribution in [1.82, 2.24) is 4.57 Å². The molecule has 0 saturated carbocycles. The summed E-state index contributed by atoms with van der Waals surface area (Å²) in [4.78, 5) is 26.7. The number of thiazole rings is 1. The van der Waals surface area contributed by atoms with Crippen molar-refractivity contribution in [2.45, 2.75) is 19.8 Å². The van der Waals surface area contributed by atoms with Crippen molar-refractivity contribution in [2.75, 3.05) is 5.75 Å². The Labute approximate surface area is 153 Å². The second kappa shape index (κ2) is 8.41. The molecule has 2 aromatic rings. The quantitative estimate of drug-likeness (QED) is 0.701. The van der Waals surface area contributed by atoms with Crippen molar-refractivity contribution in [2.24, 2.45) is 4.99 Å². The van der Waals surface area contributed by atoms with Crippen LogP contribution in [0.1, 0.15) is 6.92 Å². The predicted molar refractivity (Wildman–Crippen MR) is 91.9 cm³/mol. The molecule has 2 rings (SSSR count). The van der Waals surface area contributed by atoms with Crippen molar-refractivity contribution in [3.63, 3.8) is 0 Å². The minimum Gasteiger partial charge on any atom is -0.417 e. The minimum atomic E-state index is -4.81. The first kappa shape index (κ1) is 20.0. The lowest BCUT2D eigenvalue weighted by Gasteiger charge is -2.09. The summed E-state index contributed by atoms with van der Waals surface area (Å²) in [5, 5.41) is -0.0736. The number of hydrogen-bond acceptors (Lipinski definition) is 6. The number of benzene rings is 1. The van der Waals surface area contributed by atoms with E-state index in [0.29, 0.717) is 22.5 Å². The third-order valence-electron chi connectivity index (χ3n) is 2.88. The van der Waals surface area contributed by atoms with Crippen LogP contribution >= 0.6 is 23.1 Å². The van der Waals surface area contributed by atoms with Crippen molar-refractivity contribution >= 4 is 44.5 Å². The number of aryl methyl sites for hydroxylation is 1. The van der Waals surface area contributed by atoms with Crippen molar-refractivity contribution in [3.8, 4) is 5.75 Å². The molecule has 0 atom stereocenters. The minimum absolute atomic E-state index is 0.0736. The Morgan fingerprint density at radius 1 is 1.42 bits per heavy atom. The lowest BCUT2D eigenvalue weighted by Crippen LogP contribution is -2.18. The monoisotopic (exact) mass is 406 g/mol. The van der Waals surface area contributed by atoms with Crippen LogP contribution in [0.2, 0.25) is 0 Å². The maximum Gasteiger partial charge on any atom is 0.573 e. The second-order valence-electron chi connectivity index (χ2n) is 4.72. The van der Waals surface area contributed by atoms with Gasteiger partial charge in [0.2, 0.25) is 0 Å². The van der Waals surface area contributed by atoms with Gasteiger partial charge in [-0.25, -0.2) is 4.79 Å². The number of nitrogens with zero attached hydrogens (tertiary/aromatic N) is 2. The average Bonchev–Trinajstić information content (AvgIpc) is 2.82. The Bertz CT molecular complexity index is 902. The first-order valence-electron chi connectivity index (χ1n) is 7.08. The highest BCUT2D eigenvalue weighted by atomic mass is 32.2. The van der Waals surface area contributed by atoms with E-state index in [0.717, 1.165) is 29.4 Å². The lowest BCUT2D eigenvalue weighted by atomic mass is 10.3. The van der Waals surface area contributed by atoms with Gasteiger partial charge in [-0.05, 0) is 18.2 Å². The third-order valence-corrected chi connectivity index (χ3v) is 4.71. The average molecular weight is 406 g/mol. The highest BCUT2D eigenvalue weighted by Crippen LogP contribution is 2.28. The van der Waals surface area contributed by atoms with Crippen LogP contribution in [0.5, 0.6) is 5.75 Å². The summed E-state index contributed by atoms with van der Waals surface area (Å²) in [6.45, 7) is 5.00. The van der Waals surface area contributed by atoms with Crippen LogP contribution in [0.25, 0.3) is 10.2 Å². The molecule has 0 spiro atoms. The Morgan fingerprint density at radius 3 is 2.77 bits per heavy atom. The lowest BCUT2D eigenvalue weighted by molar-refractivity contribution is -0.274. The van der Waals surface area contributed by atoms with Crippen molar-refractivity contribution in [3.05, 3.63) is 35.8 Å². The molecular formula is C15H13F3N2O4S2. The summed E-state index contributed by atoms with van der Waals surface area (Å²) in [5.74, 6) is 0.0304. The van der Waals surface area contributed by atoms with Gasteiger partial charge in [0, 0.05) is 19.2 Å². The number of ether oxygens (including phenoxy) is 2. The third kappa shape index (κ3) is 5.63. The Morgan fingerprint density at radius 2 is 2.15 bits per heavy atom. The van der Waals surface area contributed by atoms with Crippen LogP contribution in [0.3, 0.4) is 0 Å². The van der Waals surface area contributed by atoms with Crippen LogP contribution in [-0.4, -0.2) is 27.9 Å². The molecule has 1 aromatic heterocycles. The molecule has 1 aromatic carbocycles. The molecule has 1 amide bonds. The van der Waals surface area contributed by atoms with Crippen LogP contribution < -0.4 is 9.54 Å². The number of halogens is 3. The van der Waals surface area contributed by atoms with E-state index in [1.165, 1.54) is 25.1 Å². The van der Waals surface area contributed by atoms with Gasteiger partial charge >= 0.3 is 12.5 Å². The largest absolute Gasteiger partial charge is 0.573 e. The normalized spacial score (nSPS) is 12.2. The standard InChI is InChI=1S/C15H13F3N2O4S2/c1-3-23-14(22)19-13-20(6-7-25-9(2)21)11-5-4-10(8-12(11)26-13)24-15(16,17)18/h3-5,8H,1,6-7H2,2H3. The van der Waals surface area contributed by atoms with Gasteiger partial charge < -0.3 is 14.0 Å². The molecule has 0 aliphatic carbocycles. The van der Waals surface area contributed by atoms with E-state index in [1.54, 1.807) is 4.57 Å². The van der Waals surface area contributed by atoms with Gasteiger partial charge in [-0.15, -0.1) is 18.2 Å². The van der Waals surface area contributed by atoms with Gasteiger partial charge in [-0.3, -0.25) is 4.79 Å². The topological polar surface area (TPSA) is 69.9 Å². The van der Waals surface area contributed by atoms with E-state index in [-0.39, 0.29) is 15.7 Å². The highest BCUT2D eigenvalue weighted by Gasteiger charge is 2.31. The fourth-order valence-electron chi connectivity index (χ4n) is 2.01. The van der Waals surface area contributed by atoms with Gasteiger partial charge in [-0.2, -0.15) is 0 Å².